The first kappa shape index (κ1) is 20.9. The van der Waals surface area contributed by atoms with E-state index in [4.69, 9.17) is 4.74 Å². The molecular formula is C26H21N3O3S. The Bertz CT molecular complexity index is 1270. The van der Waals surface area contributed by atoms with Gasteiger partial charge in [-0.15, -0.1) is 11.3 Å². The molecule has 1 unspecified atom stereocenters. The van der Waals surface area contributed by atoms with Gasteiger partial charge in [-0.05, 0) is 17.2 Å². The van der Waals surface area contributed by atoms with E-state index in [2.05, 4.69) is 10.3 Å². The molecule has 2 amide bonds. The number of hydrogen-bond acceptors (Lipinski definition) is 5. The molecule has 2 heterocycles. The van der Waals surface area contributed by atoms with Gasteiger partial charge in [-0.3, -0.25) is 9.69 Å². The molecule has 1 aromatic heterocycles. The number of amides is 2. The van der Waals surface area contributed by atoms with Gasteiger partial charge in [0.2, 0.25) is 5.91 Å². The van der Waals surface area contributed by atoms with Crippen LogP contribution in [0, 0.1) is 0 Å². The lowest BCUT2D eigenvalue weighted by molar-refractivity contribution is -0.117. The number of para-hydroxylation sites is 1. The molecule has 5 rings (SSSR count). The molecule has 4 aromatic rings. The Hall–Kier alpha value is -3.97. The zero-order valence-corrected chi connectivity index (χ0v) is 18.5. The predicted molar refractivity (Wildman–Crippen MR) is 129 cm³/mol. The van der Waals surface area contributed by atoms with Crippen LogP contribution >= 0.6 is 11.3 Å². The molecule has 3 aromatic carbocycles. The molecule has 0 spiro atoms. The Morgan fingerprint density at radius 1 is 0.970 bits per heavy atom. The van der Waals surface area contributed by atoms with E-state index in [9.17, 15) is 9.59 Å². The Morgan fingerprint density at radius 2 is 1.67 bits per heavy atom. The third kappa shape index (κ3) is 4.49. The summed E-state index contributed by atoms with van der Waals surface area (Å²) in [6.45, 7) is 0.138. The average molecular weight is 456 g/mol. The summed E-state index contributed by atoms with van der Waals surface area (Å²) < 4.78 is 5.56. The van der Waals surface area contributed by atoms with Crippen LogP contribution in [0.5, 0.6) is 0 Å². The maximum absolute atomic E-state index is 13.2. The minimum atomic E-state index is -0.713. The van der Waals surface area contributed by atoms with Crippen LogP contribution in [0.2, 0.25) is 0 Å². The Morgan fingerprint density at radius 3 is 2.45 bits per heavy atom. The zero-order valence-electron chi connectivity index (χ0n) is 17.7. The van der Waals surface area contributed by atoms with Gasteiger partial charge in [0.15, 0.2) is 5.13 Å². The van der Waals surface area contributed by atoms with E-state index >= 15 is 0 Å². The second-order valence-corrected chi connectivity index (χ2v) is 8.51. The van der Waals surface area contributed by atoms with Crippen LogP contribution in [-0.4, -0.2) is 23.0 Å². The molecule has 1 N–H and O–H groups in total. The fourth-order valence-electron chi connectivity index (χ4n) is 3.87. The zero-order chi connectivity index (χ0) is 22.6. The van der Waals surface area contributed by atoms with Crippen molar-refractivity contribution < 1.29 is 14.3 Å². The highest BCUT2D eigenvalue weighted by Gasteiger charge is 2.39. The summed E-state index contributed by atoms with van der Waals surface area (Å²) in [6.07, 6.45) is -0.132. The summed E-state index contributed by atoms with van der Waals surface area (Å²) in [7, 11) is 0. The molecule has 0 fully saturated rings. The van der Waals surface area contributed by atoms with Crippen LogP contribution in [-0.2, 0) is 22.6 Å². The van der Waals surface area contributed by atoms with Gasteiger partial charge in [-0.2, -0.15) is 0 Å². The number of nitrogens with one attached hydrogen (secondary N) is 1. The van der Waals surface area contributed by atoms with Gasteiger partial charge < -0.3 is 10.1 Å². The molecule has 7 heteroatoms. The molecule has 0 saturated carbocycles. The summed E-state index contributed by atoms with van der Waals surface area (Å²) in [5, 5.41) is 5.28. The van der Waals surface area contributed by atoms with E-state index in [0.29, 0.717) is 17.2 Å². The van der Waals surface area contributed by atoms with Gasteiger partial charge in [0, 0.05) is 17.4 Å². The van der Waals surface area contributed by atoms with Gasteiger partial charge in [-0.25, -0.2) is 9.78 Å². The quantitative estimate of drug-likeness (QED) is 0.430. The molecule has 164 valence electrons. The van der Waals surface area contributed by atoms with Gasteiger partial charge in [-0.1, -0.05) is 78.9 Å². The smallest absolute Gasteiger partial charge is 0.415 e. The highest BCUT2D eigenvalue weighted by molar-refractivity contribution is 7.14. The van der Waals surface area contributed by atoms with E-state index < -0.39 is 12.1 Å². The maximum atomic E-state index is 13.2. The minimum absolute atomic E-state index is 0.138. The van der Waals surface area contributed by atoms with Crippen molar-refractivity contribution in [2.75, 3.05) is 10.2 Å². The van der Waals surface area contributed by atoms with Gasteiger partial charge >= 0.3 is 6.09 Å². The largest absolute Gasteiger partial charge is 0.444 e. The van der Waals surface area contributed by atoms with Crippen molar-refractivity contribution in [2.24, 2.45) is 0 Å². The molecule has 6 nitrogen and oxygen atoms in total. The van der Waals surface area contributed by atoms with Crippen LogP contribution in [0.3, 0.4) is 0 Å². The standard InChI is InChI=1S/C26H21N3O3S/c30-24(28-25-27-21(17-33-25)19-11-5-2-6-12-19)23-15-20-13-7-8-14-22(20)29(23)26(31)32-16-18-9-3-1-4-10-18/h1-14,17,23H,15-16H2,(H,27,28,30). The number of thiazole rings is 1. The highest BCUT2D eigenvalue weighted by Crippen LogP contribution is 2.34. The molecule has 1 aliphatic heterocycles. The maximum Gasteiger partial charge on any atom is 0.415 e. The molecule has 1 atom stereocenters. The number of ether oxygens (including phenoxy) is 1. The number of carbonyl (C=O) groups is 2. The highest BCUT2D eigenvalue weighted by atomic mass is 32.1. The molecule has 0 radical (unpaired) electrons. The SMILES string of the molecule is O=C(Nc1nc(-c2ccccc2)cs1)C1Cc2ccccc2N1C(=O)OCc1ccccc1. The first-order valence-electron chi connectivity index (χ1n) is 10.6. The lowest BCUT2D eigenvalue weighted by Crippen LogP contribution is -2.45. The van der Waals surface area contributed by atoms with Crippen molar-refractivity contribution in [1.29, 1.82) is 0 Å². The Balaban J connectivity index is 1.33. The van der Waals surface area contributed by atoms with Crippen molar-refractivity contribution in [3.8, 4) is 11.3 Å². The molecule has 0 aliphatic carbocycles. The van der Waals surface area contributed by atoms with Crippen LogP contribution < -0.4 is 10.2 Å². The van der Waals surface area contributed by atoms with Crippen LogP contribution in [0.1, 0.15) is 11.1 Å². The average Bonchev–Trinajstić information content (AvgIpc) is 3.49. The van der Waals surface area contributed by atoms with Gasteiger partial charge in [0.25, 0.3) is 0 Å². The summed E-state index contributed by atoms with van der Waals surface area (Å²) in [4.78, 5) is 32.3. The fraction of sp³-hybridized carbons (Fsp3) is 0.115. The molecule has 33 heavy (non-hydrogen) atoms. The minimum Gasteiger partial charge on any atom is -0.444 e. The van der Waals surface area contributed by atoms with Crippen LogP contribution in [0.25, 0.3) is 11.3 Å². The Labute approximate surface area is 195 Å². The van der Waals surface area contributed by atoms with E-state index in [1.165, 1.54) is 16.2 Å². The van der Waals surface area contributed by atoms with Crippen molar-refractivity contribution in [2.45, 2.75) is 19.1 Å². The lowest BCUT2D eigenvalue weighted by Gasteiger charge is -2.24. The van der Waals surface area contributed by atoms with Gasteiger partial charge in [0.05, 0.1) is 11.4 Å². The molecule has 1 aliphatic rings. The first-order chi connectivity index (χ1) is 16.2. The van der Waals surface area contributed by atoms with Crippen LogP contribution in [0.15, 0.2) is 90.3 Å². The normalized spacial score (nSPS) is 14.5. The number of rotatable bonds is 5. The van der Waals surface area contributed by atoms with Crippen molar-refractivity contribution in [1.82, 2.24) is 4.98 Å². The summed E-state index contributed by atoms with van der Waals surface area (Å²) >= 11 is 1.35. The number of carbonyl (C=O) groups excluding carboxylic acids is 2. The summed E-state index contributed by atoms with van der Waals surface area (Å²) in [5.41, 5.74) is 4.28. The molecule has 0 bridgehead atoms. The Kier molecular flexibility index (Phi) is 5.87. The number of aromatic nitrogens is 1. The number of anilines is 2. The third-order valence-corrected chi connectivity index (χ3v) is 6.24. The predicted octanol–water partition coefficient (Wildman–Crippen LogP) is 5.52. The summed E-state index contributed by atoms with van der Waals surface area (Å²) in [5.74, 6) is -0.295. The monoisotopic (exact) mass is 455 g/mol. The van der Waals surface area contributed by atoms with E-state index in [1.54, 1.807) is 0 Å². The molecular weight excluding hydrogens is 434 g/mol. The van der Waals surface area contributed by atoms with Crippen molar-refractivity contribution >= 4 is 34.2 Å². The van der Waals surface area contributed by atoms with Crippen molar-refractivity contribution in [3.05, 3.63) is 101 Å². The lowest BCUT2D eigenvalue weighted by atomic mass is 10.1. The second-order valence-electron chi connectivity index (χ2n) is 7.65. The second kappa shape index (κ2) is 9.26. The van der Waals surface area contributed by atoms with E-state index in [0.717, 1.165) is 22.4 Å². The fourth-order valence-corrected chi connectivity index (χ4v) is 4.59. The van der Waals surface area contributed by atoms with Crippen molar-refractivity contribution in [3.63, 3.8) is 0 Å². The van der Waals surface area contributed by atoms with E-state index in [1.807, 2.05) is 90.3 Å². The number of fused-ring (bicyclic) bond motifs is 1. The number of nitrogens with zero attached hydrogens (tertiary/aromatic N) is 2. The summed E-state index contributed by atoms with van der Waals surface area (Å²) in [6, 6.07) is 26.1. The number of hydrogen-bond donors (Lipinski definition) is 1. The van der Waals surface area contributed by atoms with Gasteiger partial charge in [0.1, 0.15) is 12.6 Å². The van der Waals surface area contributed by atoms with Crippen LogP contribution in [0.4, 0.5) is 15.6 Å². The first-order valence-corrected chi connectivity index (χ1v) is 11.5. The van der Waals surface area contributed by atoms with E-state index in [-0.39, 0.29) is 12.5 Å². The molecule has 0 saturated heterocycles. The third-order valence-electron chi connectivity index (χ3n) is 5.48. The number of benzene rings is 3. The topological polar surface area (TPSA) is 71.5 Å².